The topological polar surface area (TPSA) is 116 Å². The zero-order valence-electron chi connectivity index (χ0n) is 20.3. The van der Waals surface area contributed by atoms with Gasteiger partial charge in [-0.25, -0.2) is 14.8 Å². The van der Waals surface area contributed by atoms with Crippen LogP contribution in [0.3, 0.4) is 0 Å². The van der Waals surface area contributed by atoms with Crippen molar-refractivity contribution in [2.45, 2.75) is 38.0 Å². The molecule has 0 spiro atoms. The number of aromatic carboxylic acids is 1. The maximum absolute atomic E-state index is 12.9. The molecule has 1 amide bonds. The molecular formula is C28H24N4O3S. The predicted octanol–water partition coefficient (Wildman–Crippen LogP) is 5.91. The van der Waals surface area contributed by atoms with E-state index in [0.29, 0.717) is 32.9 Å². The first-order chi connectivity index (χ1) is 17.2. The molecule has 0 radical (unpaired) electrons. The third kappa shape index (κ3) is 4.92. The summed E-state index contributed by atoms with van der Waals surface area (Å²) >= 11 is 1.25. The van der Waals surface area contributed by atoms with E-state index in [1.807, 2.05) is 26.8 Å². The Hall–Kier alpha value is -4.22. The number of carboxylic acids is 1. The molecule has 0 fully saturated rings. The number of nitriles is 1. The molecule has 0 bridgehead atoms. The van der Waals surface area contributed by atoms with Gasteiger partial charge in [0.25, 0.3) is 0 Å². The number of thioether (sulfide) groups is 1. The SMILES string of the molecule is Cc1nc(SC(C)C(=O)Nc2ccc(-c3cc(C(=O)O)c4ccccc4n3)cc2)c(C#N)c(C)c1C. The van der Waals surface area contributed by atoms with Gasteiger partial charge in [0.2, 0.25) is 5.91 Å². The Morgan fingerprint density at radius 3 is 2.39 bits per heavy atom. The number of fused-ring (bicyclic) bond motifs is 1. The highest BCUT2D eigenvalue weighted by Crippen LogP contribution is 2.30. The molecule has 2 aromatic carbocycles. The monoisotopic (exact) mass is 496 g/mol. The summed E-state index contributed by atoms with van der Waals surface area (Å²) in [7, 11) is 0. The van der Waals surface area contributed by atoms with Crippen LogP contribution in [0.5, 0.6) is 0 Å². The summed E-state index contributed by atoms with van der Waals surface area (Å²) in [4.78, 5) is 33.8. The van der Waals surface area contributed by atoms with Gasteiger partial charge in [0.1, 0.15) is 11.1 Å². The van der Waals surface area contributed by atoms with E-state index in [1.165, 1.54) is 11.8 Å². The largest absolute Gasteiger partial charge is 0.478 e. The van der Waals surface area contributed by atoms with Gasteiger partial charge in [0.05, 0.1) is 27.6 Å². The van der Waals surface area contributed by atoms with E-state index >= 15 is 0 Å². The first-order valence-corrected chi connectivity index (χ1v) is 12.2. The molecule has 2 aromatic heterocycles. The number of carbonyl (C=O) groups excluding carboxylic acids is 1. The highest BCUT2D eigenvalue weighted by atomic mass is 32.2. The van der Waals surface area contributed by atoms with Crippen LogP contribution in [0, 0.1) is 32.1 Å². The Morgan fingerprint density at radius 2 is 1.72 bits per heavy atom. The molecule has 0 aliphatic heterocycles. The quantitative estimate of drug-likeness (QED) is 0.319. The minimum atomic E-state index is -1.02. The van der Waals surface area contributed by atoms with E-state index in [2.05, 4.69) is 21.4 Å². The van der Waals surface area contributed by atoms with Crippen LogP contribution in [0.25, 0.3) is 22.2 Å². The van der Waals surface area contributed by atoms with Gasteiger partial charge in [0.15, 0.2) is 0 Å². The molecule has 7 nitrogen and oxygen atoms in total. The maximum Gasteiger partial charge on any atom is 0.336 e. The number of nitrogens with one attached hydrogen (secondary N) is 1. The minimum Gasteiger partial charge on any atom is -0.478 e. The lowest BCUT2D eigenvalue weighted by Crippen LogP contribution is -2.22. The number of rotatable bonds is 6. The number of nitrogens with zero attached hydrogens (tertiary/aromatic N) is 3. The summed E-state index contributed by atoms with van der Waals surface area (Å²) < 4.78 is 0. The van der Waals surface area contributed by atoms with Gasteiger partial charge in [-0.05, 0) is 63.1 Å². The standard InChI is InChI=1S/C28H24N4O3S/c1-15-16(2)23(14-29)27(30-17(15)3)36-18(4)26(33)31-20-11-9-19(10-12-20)25-13-22(28(34)35)21-7-5-6-8-24(21)32-25/h5-13,18H,1-4H3,(H,31,33)(H,34,35). The molecule has 0 aliphatic carbocycles. The molecule has 1 unspecified atom stereocenters. The Labute approximate surface area is 213 Å². The zero-order chi connectivity index (χ0) is 26.0. The Balaban J connectivity index is 1.52. The maximum atomic E-state index is 12.9. The van der Waals surface area contributed by atoms with Crippen molar-refractivity contribution in [1.29, 1.82) is 5.26 Å². The van der Waals surface area contributed by atoms with Crippen molar-refractivity contribution in [1.82, 2.24) is 9.97 Å². The fourth-order valence-electron chi connectivity index (χ4n) is 3.82. The summed E-state index contributed by atoms with van der Waals surface area (Å²) in [5.41, 5.74) is 5.84. The van der Waals surface area contributed by atoms with Gasteiger partial charge in [-0.3, -0.25) is 4.79 Å². The van der Waals surface area contributed by atoms with Crippen molar-refractivity contribution < 1.29 is 14.7 Å². The van der Waals surface area contributed by atoms with Crippen molar-refractivity contribution in [3.05, 3.63) is 82.5 Å². The zero-order valence-corrected chi connectivity index (χ0v) is 21.1. The van der Waals surface area contributed by atoms with Crippen LogP contribution in [-0.2, 0) is 4.79 Å². The molecule has 0 aliphatic rings. The van der Waals surface area contributed by atoms with Crippen molar-refractivity contribution in [2.75, 3.05) is 5.32 Å². The highest BCUT2D eigenvalue weighted by Gasteiger charge is 2.20. The predicted molar refractivity (Wildman–Crippen MR) is 141 cm³/mol. The number of para-hydroxylation sites is 1. The highest BCUT2D eigenvalue weighted by molar-refractivity contribution is 8.00. The van der Waals surface area contributed by atoms with Gasteiger partial charge in [-0.15, -0.1) is 0 Å². The lowest BCUT2D eigenvalue weighted by atomic mass is 10.0. The second-order valence-corrected chi connectivity index (χ2v) is 9.77. The van der Waals surface area contributed by atoms with Gasteiger partial charge in [-0.2, -0.15) is 5.26 Å². The average Bonchev–Trinajstić information content (AvgIpc) is 2.87. The van der Waals surface area contributed by atoms with Crippen molar-refractivity contribution in [2.24, 2.45) is 0 Å². The van der Waals surface area contributed by atoms with Crippen molar-refractivity contribution >= 4 is 40.2 Å². The second kappa shape index (κ2) is 10.2. The molecule has 4 aromatic rings. The van der Waals surface area contributed by atoms with Gasteiger partial charge < -0.3 is 10.4 Å². The number of carboxylic acid groups (broad SMARTS) is 1. The molecule has 0 saturated heterocycles. The lowest BCUT2D eigenvalue weighted by molar-refractivity contribution is -0.115. The third-order valence-electron chi connectivity index (χ3n) is 6.13. The van der Waals surface area contributed by atoms with E-state index in [0.717, 1.165) is 22.4 Å². The molecule has 1 atom stereocenters. The van der Waals surface area contributed by atoms with Crippen LogP contribution >= 0.6 is 11.8 Å². The Kier molecular flexibility index (Phi) is 7.04. The summed E-state index contributed by atoms with van der Waals surface area (Å²) in [5.74, 6) is -1.23. The number of aryl methyl sites for hydroxylation is 1. The van der Waals surface area contributed by atoms with Gasteiger partial charge >= 0.3 is 5.97 Å². The number of carbonyl (C=O) groups is 2. The van der Waals surface area contributed by atoms with E-state index in [-0.39, 0.29) is 11.5 Å². The minimum absolute atomic E-state index is 0.186. The number of amides is 1. The smallest absolute Gasteiger partial charge is 0.336 e. The van der Waals surface area contributed by atoms with E-state index < -0.39 is 11.2 Å². The summed E-state index contributed by atoms with van der Waals surface area (Å²) in [6, 6.07) is 18.0. The molecule has 2 heterocycles. The number of hydrogen-bond acceptors (Lipinski definition) is 6. The van der Waals surface area contributed by atoms with Crippen LogP contribution in [0.4, 0.5) is 5.69 Å². The van der Waals surface area contributed by atoms with Gasteiger partial charge in [-0.1, -0.05) is 42.1 Å². The fourth-order valence-corrected chi connectivity index (χ4v) is 4.82. The summed E-state index contributed by atoms with van der Waals surface area (Å²) in [6.07, 6.45) is 0. The molecule has 8 heteroatoms. The first-order valence-electron chi connectivity index (χ1n) is 11.3. The molecular weight excluding hydrogens is 472 g/mol. The normalized spacial score (nSPS) is 11.6. The number of hydrogen-bond donors (Lipinski definition) is 2. The first kappa shape index (κ1) is 24.9. The average molecular weight is 497 g/mol. The van der Waals surface area contributed by atoms with Crippen LogP contribution in [0.2, 0.25) is 0 Å². The van der Waals surface area contributed by atoms with E-state index in [9.17, 15) is 20.0 Å². The Morgan fingerprint density at radius 1 is 1.03 bits per heavy atom. The van der Waals surface area contributed by atoms with E-state index in [1.54, 1.807) is 55.5 Å². The fraction of sp³-hybridized carbons (Fsp3) is 0.179. The van der Waals surface area contributed by atoms with E-state index in [4.69, 9.17) is 0 Å². The lowest BCUT2D eigenvalue weighted by Gasteiger charge is -2.15. The summed E-state index contributed by atoms with van der Waals surface area (Å²) in [6.45, 7) is 7.49. The Bertz CT molecular complexity index is 1540. The van der Waals surface area contributed by atoms with Crippen LogP contribution in [0.15, 0.2) is 59.6 Å². The van der Waals surface area contributed by atoms with Gasteiger partial charge in [0, 0.05) is 22.3 Å². The van der Waals surface area contributed by atoms with Crippen LogP contribution < -0.4 is 5.32 Å². The molecule has 4 rings (SSSR count). The second-order valence-electron chi connectivity index (χ2n) is 8.44. The number of pyridine rings is 2. The van der Waals surface area contributed by atoms with Crippen LogP contribution in [-0.4, -0.2) is 32.2 Å². The van der Waals surface area contributed by atoms with Crippen LogP contribution in [0.1, 0.15) is 39.7 Å². The number of benzene rings is 2. The number of aromatic nitrogens is 2. The molecule has 2 N–H and O–H groups in total. The third-order valence-corrected chi connectivity index (χ3v) is 7.21. The molecule has 180 valence electrons. The summed E-state index contributed by atoms with van der Waals surface area (Å²) in [5, 5.41) is 22.8. The molecule has 36 heavy (non-hydrogen) atoms. The van der Waals surface area contributed by atoms with Crippen molar-refractivity contribution in [3.63, 3.8) is 0 Å². The number of anilines is 1. The van der Waals surface area contributed by atoms with Crippen molar-refractivity contribution in [3.8, 4) is 17.3 Å². The molecule has 0 saturated carbocycles.